The summed E-state index contributed by atoms with van der Waals surface area (Å²) < 4.78 is 12.1. The average Bonchev–Trinajstić information content (AvgIpc) is 2.96. The number of carbonyl (C=O) groups is 1. The predicted molar refractivity (Wildman–Crippen MR) is 100 cm³/mol. The topological polar surface area (TPSA) is 52.5 Å². The van der Waals surface area contributed by atoms with E-state index in [1.165, 1.54) is 0 Å². The lowest BCUT2D eigenvalue weighted by atomic mass is 10.2. The van der Waals surface area contributed by atoms with Gasteiger partial charge in [-0.15, -0.1) is 0 Å². The fraction of sp³-hybridized carbons (Fsp3) is 0.211. The highest BCUT2D eigenvalue weighted by Gasteiger charge is 2.18. The van der Waals surface area contributed by atoms with Crippen molar-refractivity contribution >= 4 is 39.8 Å². The number of nitrogens with one attached hydrogen (secondary N) is 1. The van der Waals surface area contributed by atoms with Crippen LogP contribution in [0.2, 0.25) is 5.02 Å². The Kier molecular flexibility index (Phi) is 4.86. The van der Waals surface area contributed by atoms with Gasteiger partial charge in [-0.05, 0) is 37.3 Å². The van der Waals surface area contributed by atoms with E-state index in [4.69, 9.17) is 21.1 Å². The van der Waals surface area contributed by atoms with E-state index in [0.717, 1.165) is 28.0 Å². The van der Waals surface area contributed by atoms with Crippen LogP contribution in [-0.2, 0) is 11.8 Å². The standard InChI is InChI=1S/C19H19ClN2O3/c1-4-25-19(23)17-11-14-16(9-8-15(20)18(14)22(17)2)21-12-6-5-7-13(10-12)24-3/h5-11,21H,4H2,1-3H3. The number of hydrogen-bond donors (Lipinski definition) is 1. The van der Waals surface area contributed by atoms with Crippen LogP contribution in [0.4, 0.5) is 11.4 Å². The Morgan fingerprint density at radius 3 is 2.76 bits per heavy atom. The molecule has 0 unspecified atom stereocenters. The Hall–Kier alpha value is -2.66. The minimum atomic E-state index is -0.371. The van der Waals surface area contributed by atoms with E-state index in [1.54, 1.807) is 37.8 Å². The highest BCUT2D eigenvalue weighted by molar-refractivity contribution is 6.36. The molecule has 0 spiro atoms. The van der Waals surface area contributed by atoms with Crippen molar-refractivity contribution in [2.24, 2.45) is 7.05 Å². The summed E-state index contributed by atoms with van der Waals surface area (Å²) in [6.07, 6.45) is 0. The van der Waals surface area contributed by atoms with Crippen molar-refractivity contribution in [3.63, 3.8) is 0 Å². The van der Waals surface area contributed by atoms with Crippen molar-refractivity contribution in [3.8, 4) is 5.75 Å². The lowest BCUT2D eigenvalue weighted by Crippen LogP contribution is -2.09. The number of ether oxygens (including phenoxy) is 2. The summed E-state index contributed by atoms with van der Waals surface area (Å²) in [5.74, 6) is 0.389. The molecule has 0 aliphatic carbocycles. The van der Waals surface area contributed by atoms with Crippen molar-refractivity contribution in [2.75, 3.05) is 19.0 Å². The minimum Gasteiger partial charge on any atom is -0.497 e. The molecule has 0 aliphatic rings. The summed E-state index contributed by atoms with van der Waals surface area (Å²) in [5, 5.41) is 4.78. The van der Waals surface area contributed by atoms with Gasteiger partial charge in [0.15, 0.2) is 0 Å². The van der Waals surface area contributed by atoms with Crippen LogP contribution in [0.1, 0.15) is 17.4 Å². The normalized spacial score (nSPS) is 10.7. The lowest BCUT2D eigenvalue weighted by Gasteiger charge is -2.10. The molecule has 1 aromatic heterocycles. The molecule has 1 N–H and O–H groups in total. The Morgan fingerprint density at radius 1 is 1.24 bits per heavy atom. The van der Waals surface area contributed by atoms with Crippen molar-refractivity contribution < 1.29 is 14.3 Å². The number of fused-ring (bicyclic) bond motifs is 1. The van der Waals surface area contributed by atoms with E-state index < -0.39 is 0 Å². The molecular weight excluding hydrogens is 340 g/mol. The maximum absolute atomic E-state index is 12.2. The molecular formula is C19H19ClN2O3. The van der Waals surface area contributed by atoms with Crippen LogP contribution in [0.15, 0.2) is 42.5 Å². The van der Waals surface area contributed by atoms with Crippen molar-refractivity contribution in [2.45, 2.75) is 6.92 Å². The number of aryl methyl sites for hydroxylation is 1. The van der Waals surface area contributed by atoms with Gasteiger partial charge in [-0.3, -0.25) is 0 Å². The summed E-state index contributed by atoms with van der Waals surface area (Å²) in [5.41, 5.74) is 2.96. The maximum atomic E-state index is 12.2. The number of hydrogen-bond acceptors (Lipinski definition) is 4. The number of nitrogens with zero attached hydrogens (tertiary/aromatic N) is 1. The average molecular weight is 359 g/mol. The number of methoxy groups -OCH3 is 1. The third kappa shape index (κ3) is 3.28. The summed E-state index contributed by atoms with van der Waals surface area (Å²) >= 11 is 6.36. The second kappa shape index (κ2) is 7.07. The molecule has 0 saturated heterocycles. The highest BCUT2D eigenvalue weighted by Crippen LogP contribution is 2.34. The van der Waals surface area contributed by atoms with Crippen LogP contribution < -0.4 is 10.1 Å². The van der Waals surface area contributed by atoms with E-state index in [1.807, 2.05) is 30.3 Å². The molecule has 0 radical (unpaired) electrons. The van der Waals surface area contributed by atoms with E-state index in [9.17, 15) is 4.79 Å². The van der Waals surface area contributed by atoms with Crippen LogP contribution in [0, 0.1) is 0 Å². The fourth-order valence-corrected chi connectivity index (χ4v) is 3.08. The fourth-order valence-electron chi connectivity index (χ4n) is 2.79. The number of rotatable bonds is 5. The van der Waals surface area contributed by atoms with E-state index in [0.29, 0.717) is 17.3 Å². The summed E-state index contributed by atoms with van der Waals surface area (Å²) in [6.45, 7) is 2.10. The number of carbonyl (C=O) groups excluding carboxylic acids is 1. The van der Waals surface area contributed by atoms with Crippen LogP contribution in [0.3, 0.4) is 0 Å². The molecule has 6 heteroatoms. The van der Waals surface area contributed by atoms with Gasteiger partial charge in [0.1, 0.15) is 11.4 Å². The lowest BCUT2D eigenvalue weighted by molar-refractivity contribution is 0.0516. The molecule has 0 amide bonds. The first-order valence-corrected chi connectivity index (χ1v) is 8.29. The molecule has 1 heterocycles. The third-order valence-corrected chi connectivity index (χ3v) is 4.28. The maximum Gasteiger partial charge on any atom is 0.354 e. The van der Waals surface area contributed by atoms with Crippen molar-refractivity contribution in [1.82, 2.24) is 4.57 Å². The number of esters is 1. The van der Waals surface area contributed by atoms with E-state index >= 15 is 0 Å². The van der Waals surface area contributed by atoms with E-state index in [2.05, 4.69) is 5.32 Å². The number of aromatic nitrogens is 1. The SMILES string of the molecule is CCOC(=O)c1cc2c(Nc3cccc(OC)c3)ccc(Cl)c2n1C. The van der Waals surface area contributed by atoms with Crippen LogP contribution in [0.5, 0.6) is 5.75 Å². The van der Waals surface area contributed by atoms with Gasteiger partial charge < -0.3 is 19.4 Å². The first-order valence-electron chi connectivity index (χ1n) is 7.91. The minimum absolute atomic E-state index is 0.322. The largest absolute Gasteiger partial charge is 0.497 e. The zero-order valence-electron chi connectivity index (χ0n) is 14.3. The Labute approximate surface area is 151 Å². The van der Waals surface area contributed by atoms with Gasteiger partial charge in [0.05, 0.1) is 24.3 Å². The summed E-state index contributed by atoms with van der Waals surface area (Å²) in [4.78, 5) is 12.2. The third-order valence-electron chi connectivity index (χ3n) is 3.98. The zero-order chi connectivity index (χ0) is 18.0. The Bertz CT molecular complexity index is 934. The van der Waals surface area contributed by atoms with Gasteiger partial charge in [-0.2, -0.15) is 0 Å². The van der Waals surface area contributed by atoms with Crippen molar-refractivity contribution in [1.29, 1.82) is 0 Å². The predicted octanol–water partition coefficient (Wildman–Crippen LogP) is 4.76. The molecule has 0 aliphatic heterocycles. The van der Waals surface area contributed by atoms with Crippen LogP contribution in [-0.4, -0.2) is 24.3 Å². The second-order valence-electron chi connectivity index (χ2n) is 5.52. The van der Waals surface area contributed by atoms with Gasteiger partial charge in [-0.25, -0.2) is 4.79 Å². The van der Waals surface area contributed by atoms with Crippen LogP contribution in [0.25, 0.3) is 10.9 Å². The summed E-state index contributed by atoms with van der Waals surface area (Å²) in [7, 11) is 3.43. The van der Waals surface area contributed by atoms with Gasteiger partial charge in [0.25, 0.3) is 0 Å². The first kappa shape index (κ1) is 17.2. The number of halogens is 1. The smallest absolute Gasteiger partial charge is 0.354 e. The molecule has 0 atom stereocenters. The molecule has 5 nitrogen and oxygen atoms in total. The van der Waals surface area contributed by atoms with E-state index in [-0.39, 0.29) is 5.97 Å². The monoisotopic (exact) mass is 358 g/mol. The van der Waals surface area contributed by atoms with Crippen molar-refractivity contribution in [3.05, 3.63) is 53.2 Å². The number of anilines is 2. The first-order chi connectivity index (χ1) is 12.0. The van der Waals surface area contributed by atoms with Gasteiger partial charge >= 0.3 is 5.97 Å². The summed E-state index contributed by atoms with van der Waals surface area (Å²) in [6, 6.07) is 13.1. The molecule has 0 saturated carbocycles. The molecule has 0 bridgehead atoms. The molecule has 3 rings (SSSR count). The Morgan fingerprint density at radius 2 is 2.04 bits per heavy atom. The van der Waals surface area contributed by atoms with Gasteiger partial charge in [-0.1, -0.05) is 17.7 Å². The molecule has 0 fully saturated rings. The van der Waals surface area contributed by atoms with Gasteiger partial charge in [0.2, 0.25) is 0 Å². The molecule has 25 heavy (non-hydrogen) atoms. The molecule has 3 aromatic rings. The van der Waals surface area contributed by atoms with Gasteiger partial charge in [0, 0.05) is 29.9 Å². The quantitative estimate of drug-likeness (QED) is 0.668. The van der Waals surface area contributed by atoms with Crippen LogP contribution >= 0.6 is 11.6 Å². The number of benzene rings is 2. The Balaban J connectivity index is 2.08. The zero-order valence-corrected chi connectivity index (χ0v) is 15.1. The molecule has 2 aromatic carbocycles. The molecule has 130 valence electrons. The highest BCUT2D eigenvalue weighted by atomic mass is 35.5. The second-order valence-corrected chi connectivity index (χ2v) is 5.93.